The molecule has 2 amide bonds. The van der Waals surface area contributed by atoms with E-state index in [-0.39, 0.29) is 36.0 Å². The SMILES string of the molecule is CC(=O)c1cccc(OCCCC(=O)N2CCCCC2CNC(=O)CCN)c1.Cl. The summed E-state index contributed by atoms with van der Waals surface area (Å²) in [6.45, 7) is 3.48. The molecule has 1 aliphatic heterocycles. The molecule has 0 saturated carbocycles. The third kappa shape index (κ3) is 8.41. The van der Waals surface area contributed by atoms with Gasteiger partial charge in [0.05, 0.1) is 6.61 Å². The summed E-state index contributed by atoms with van der Waals surface area (Å²) in [4.78, 5) is 37.6. The molecule has 0 bridgehead atoms. The third-order valence-corrected chi connectivity index (χ3v) is 4.90. The molecule has 8 heteroatoms. The van der Waals surface area contributed by atoms with Crippen molar-refractivity contribution in [3.8, 4) is 5.75 Å². The first-order valence-corrected chi connectivity index (χ1v) is 10.0. The Balaban J connectivity index is 0.00000420. The summed E-state index contributed by atoms with van der Waals surface area (Å²) in [5.74, 6) is 0.662. The molecule has 1 heterocycles. The highest BCUT2D eigenvalue weighted by molar-refractivity contribution is 5.94. The molecule has 1 saturated heterocycles. The molecule has 2 rings (SSSR count). The quantitative estimate of drug-likeness (QED) is 0.442. The van der Waals surface area contributed by atoms with Crippen LogP contribution in [0, 0.1) is 0 Å². The maximum absolute atomic E-state index is 12.6. The molecular formula is C21H32ClN3O4. The lowest BCUT2D eigenvalue weighted by Gasteiger charge is -2.36. The molecule has 0 spiro atoms. The zero-order valence-corrected chi connectivity index (χ0v) is 17.8. The average Bonchev–Trinajstić information content (AvgIpc) is 2.70. The smallest absolute Gasteiger partial charge is 0.223 e. The number of amides is 2. The highest BCUT2D eigenvalue weighted by Gasteiger charge is 2.26. The minimum atomic E-state index is -0.0679. The Bertz CT molecular complexity index is 684. The fourth-order valence-corrected chi connectivity index (χ4v) is 3.35. The first-order chi connectivity index (χ1) is 13.5. The van der Waals surface area contributed by atoms with Crippen LogP contribution >= 0.6 is 12.4 Å². The van der Waals surface area contributed by atoms with Gasteiger partial charge in [-0.05, 0) is 44.7 Å². The number of likely N-dealkylation sites (tertiary alicyclic amines) is 1. The van der Waals surface area contributed by atoms with E-state index in [0.717, 1.165) is 25.8 Å². The van der Waals surface area contributed by atoms with Crippen LogP contribution in [0.5, 0.6) is 5.75 Å². The van der Waals surface area contributed by atoms with Gasteiger partial charge >= 0.3 is 0 Å². The molecule has 0 aliphatic carbocycles. The van der Waals surface area contributed by atoms with Gasteiger partial charge in [0.25, 0.3) is 0 Å². The Hall–Kier alpha value is -2.12. The predicted octanol–water partition coefficient (Wildman–Crippen LogP) is 2.32. The number of ether oxygens (including phenoxy) is 1. The second-order valence-electron chi connectivity index (χ2n) is 7.12. The standard InChI is InChI=1S/C21H31N3O4.ClH/c1-16(25)17-6-4-8-19(14-17)28-13-5-9-21(27)24-12-3-2-7-18(24)15-23-20(26)10-11-22;/h4,6,8,14,18H,2-3,5,7,9-13,15,22H2,1H3,(H,23,26);1H. The summed E-state index contributed by atoms with van der Waals surface area (Å²) < 4.78 is 5.68. The normalized spacial score (nSPS) is 15.9. The number of carbonyl (C=O) groups is 3. The molecule has 1 fully saturated rings. The number of Topliss-reactive ketones (excluding diaryl/α,β-unsaturated/α-hetero) is 1. The molecule has 1 atom stereocenters. The largest absolute Gasteiger partial charge is 0.494 e. The fraction of sp³-hybridized carbons (Fsp3) is 0.571. The van der Waals surface area contributed by atoms with Crippen molar-refractivity contribution in [3.63, 3.8) is 0 Å². The Kier molecular flexibility index (Phi) is 11.3. The lowest BCUT2D eigenvalue weighted by Crippen LogP contribution is -2.49. The van der Waals surface area contributed by atoms with Gasteiger partial charge in [-0.3, -0.25) is 14.4 Å². The minimum Gasteiger partial charge on any atom is -0.494 e. The second-order valence-corrected chi connectivity index (χ2v) is 7.12. The number of nitrogens with zero attached hydrogens (tertiary/aromatic N) is 1. The Morgan fingerprint density at radius 1 is 1.24 bits per heavy atom. The maximum Gasteiger partial charge on any atom is 0.223 e. The lowest BCUT2D eigenvalue weighted by molar-refractivity contribution is -0.135. The topological polar surface area (TPSA) is 102 Å². The maximum atomic E-state index is 12.6. The molecule has 162 valence electrons. The Labute approximate surface area is 178 Å². The summed E-state index contributed by atoms with van der Waals surface area (Å²) in [6, 6.07) is 7.11. The van der Waals surface area contributed by atoms with Crippen LogP contribution in [-0.4, -0.2) is 54.8 Å². The van der Waals surface area contributed by atoms with E-state index in [9.17, 15) is 14.4 Å². The summed E-state index contributed by atoms with van der Waals surface area (Å²) in [5.41, 5.74) is 6.01. The monoisotopic (exact) mass is 425 g/mol. The van der Waals surface area contributed by atoms with Crippen molar-refractivity contribution in [2.75, 3.05) is 26.2 Å². The van der Waals surface area contributed by atoms with Crippen LogP contribution in [-0.2, 0) is 9.59 Å². The second kappa shape index (κ2) is 13.2. The van der Waals surface area contributed by atoms with Crippen molar-refractivity contribution in [1.29, 1.82) is 0 Å². The molecule has 0 aromatic heterocycles. The summed E-state index contributed by atoms with van der Waals surface area (Å²) >= 11 is 0. The number of nitrogens with one attached hydrogen (secondary N) is 1. The number of hydrogen-bond acceptors (Lipinski definition) is 5. The summed E-state index contributed by atoms with van der Waals surface area (Å²) in [5, 5.41) is 2.88. The number of piperidine rings is 1. The fourth-order valence-electron chi connectivity index (χ4n) is 3.35. The lowest BCUT2D eigenvalue weighted by atomic mass is 10.0. The summed E-state index contributed by atoms with van der Waals surface area (Å²) in [7, 11) is 0. The van der Waals surface area contributed by atoms with Gasteiger partial charge in [-0.25, -0.2) is 0 Å². The molecule has 1 aromatic rings. The van der Waals surface area contributed by atoms with Gasteiger partial charge in [0.2, 0.25) is 11.8 Å². The van der Waals surface area contributed by atoms with Crippen LogP contribution in [0.15, 0.2) is 24.3 Å². The van der Waals surface area contributed by atoms with Gasteiger partial charge in [0.15, 0.2) is 5.78 Å². The molecular weight excluding hydrogens is 394 g/mol. The van der Waals surface area contributed by atoms with Crippen molar-refractivity contribution >= 4 is 30.0 Å². The van der Waals surface area contributed by atoms with E-state index in [1.807, 2.05) is 4.90 Å². The van der Waals surface area contributed by atoms with E-state index in [1.165, 1.54) is 6.92 Å². The number of rotatable bonds is 10. The first kappa shape index (κ1) is 24.9. The third-order valence-electron chi connectivity index (χ3n) is 4.90. The zero-order chi connectivity index (χ0) is 20.4. The predicted molar refractivity (Wildman–Crippen MR) is 114 cm³/mol. The number of benzene rings is 1. The van der Waals surface area contributed by atoms with E-state index in [2.05, 4.69) is 5.32 Å². The van der Waals surface area contributed by atoms with E-state index in [0.29, 0.717) is 50.3 Å². The Morgan fingerprint density at radius 3 is 2.76 bits per heavy atom. The van der Waals surface area contributed by atoms with Crippen LogP contribution in [0.4, 0.5) is 0 Å². The van der Waals surface area contributed by atoms with Gasteiger partial charge in [-0.1, -0.05) is 12.1 Å². The van der Waals surface area contributed by atoms with Crippen molar-refractivity contribution in [2.45, 2.75) is 51.5 Å². The van der Waals surface area contributed by atoms with E-state index < -0.39 is 0 Å². The summed E-state index contributed by atoms with van der Waals surface area (Å²) in [6.07, 6.45) is 4.28. The van der Waals surface area contributed by atoms with Gasteiger partial charge in [0, 0.05) is 44.1 Å². The van der Waals surface area contributed by atoms with Gasteiger partial charge in [-0.2, -0.15) is 0 Å². The van der Waals surface area contributed by atoms with Crippen LogP contribution in [0.2, 0.25) is 0 Å². The van der Waals surface area contributed by atoms with Crippen LogP contribution in [0.25, 0.3) is 0 Å². The molecule has 3 N–H and O–H groups in total. The number of hydrogen-bond donors (Lipinski definition) is 2. The first-order valence-electron chi connectivity index (χ1n) is 10.0. The van der Waals surface area contributed by atoms with E-state index >= 15 is 0 Å². The highest BCUT2D eigenvalue weighted by atomic mass is 35.5. The van der Waals surface area contributed by atoms with Crippen LogP contribution in [0.1, 0.15) is 55.8 Å². The number of halogens is 1. The zero-order valence-electron chi connectivity index (χ0n) is 17.0. The van der Waals surface area contributed by atoms with Crippen molar-refractivity contribution in [1.82, 2.24) is 10.2 Å². The highest BCUT2D eigenvalue weighted by Crippen LogP contribution is 2.19. The van der Waals surface area contributed by atoms with Crippen molar-refractivity contribution < 1.29 is 19.1 Å². The van der Waals surface area contributed by atoms with Crippen LogP contribution < -0.4 is 15.8 Å². The molecule has 1 unspecified atom stereocenters. The average molecular weight is 426 g/mol. The van der Waals surface area contributed by atoms with Gasteiger partial charge in [0.1, 0.15) is 5.75 Å². The molecule has 7 nitrogen and oxygen atoms in total. The Morgan fingerprint density at radius 2 is 2.03 bits per heavy atom. The van der Waals surface area contributed by atoms with Gasteiger partial charge < -0.3 is 20.7 Å². The van der Waals surface area contributed by atoms with E-state index in [1.54, 1.807) is 24.3 Å². The van der Waals surface area contributed by atoms with Gasteiger partial charge in [-0.15, -0.1) is 12.4 Å². The van der Waals surface area contributed by atoms with E-state index in [4.69, 9.17) is 10.5 Å². The number of nitrogens with two attached hydrogens (primary N) is 1. The number of carbonyl (C=O) groups excluding carboxylic acids is 3. The molecule has 1 aromatic carbocycles. The van der Waals surface area contributed by atoms with Crippen molar-refractivity contribution in [2.24, 2.45) is 5.73 Å². The molecule has 1 aliphatic rings. The molecule has 29 heavy (non-hydrogen) atoms. The molecule has 0 radical (unpaired) electrons. The van der Waals surface area contributed by atoms with Crippen LogP contribution in [0.3, 0.4) is 0 Å². The number of ketones is 1. The minimum absolute atomic E-state index is 0. The van der Waals surface area contributed by atoms with Crippen molar-refractivity contribution in [3.05, 3.63) is 29.8 Å².